The Kier molecular flexibility index (Phi) is 3.51. The van der Waals surface area contributed by atoms with Crippen LogP contribution in [0.5, 0.6) is 0 Å². The Morgan fingerprint density at radius 3 is 2.35 bits per heavy atom. The van der Waals surface area contributed by atoms with Gasteiger partial charge in [-0.15, -0.1) is 0 Å². The van der Waals surface area contributed by atoms with Crippen LogP contribution >= 0.6 is 0 Å². The number of ether oxygens (including phenoxy) is 1. The Labute approximate surface area is 95.7 Å². The zero-order chi connectivity index (χ0) is 13.3. The molecule has 0 aromatic rings. The van der Waals surface area contributed by atoms with E-state index >= 15 is 0 Å². The van der Waals surface area contributed by atoms with Crippen molar-refractivity contribution in [3.05, 3.63) is 12.2 Å². The molecule has 0 heterocycles. The lowest BCUT2D eigenvalue weighted by Crippen LogP contribution is -2.50. The summed E-state index contributed by atoms with van der Waals surface area (Å²) in [4.78, 5) is 22.0. The van der Waals surface area contributed by atoms with Crippen LogP contribution in [0.25, 0.3) is 0 Å². The van der Waals surface area contributed by atoms with Gasteiger partial charge in [0.1, 0.15) is 0 Å². The van der Waals surface area contributed by atoms with Crippen molar-refractivity contribution in [3.8, 4) is 0 Å². The van der Waals surface area contributed by atoms with Crippen LogP contribution in [0.2, 0.25) is 0 Å². The van der Waals surface area contributed by atoms with E-state index in [0.717, 1.165) is 0 Å². The molecule has 5 nitrogen and oxygen atoms in total. The number of alkyl halides is 2. The summed E-state index contributed by atoms with van der Waals surface area (Å²) >= 11 is 0. The minimum absolute atomic E-state index is 0.282. The Morgan fingerprint density at radius 2 is 1.94 bits per heavy atom. The van der Waals surface area contributed by atoms with Gasteiger partial charge in [-0.25, -0.2) is 4.79 Å². The van der Waals surface area contributed by atoms with Gasteiger partial charge in [-0.1, -0.05) is 12.2 Å². The van der Waals surface area contributed by atoms with Gasteiger partial charge in [-0.2, -0.15) is 8.78 Å². The highest BCUT2D eigenvalue weighted by atomic mass is 19.3. The van der Waals surface area contributed by atoms with Crippen LogP contribution in [-0.2, 0) is 14.3 Å². The molecule has 2 unspecified atom stereocenters. The van der Waals surface area contributed by atoms with E-state index in [0.29, 0.717) is 0 Å². The number of hydrogen-bond acceptors (Lipinski definition) is 3. The van der Waals surface area contributed by atoms with Crippen molar-refractivity contribution in [2.24, 2.45) is 5.41 Å². The van der Waals surface area contributed by atoms with Crippen molar-refractivity contribution in [3.63, 3.8) is 0 Å². The van der Waals surface area contributed by atoms with Gasteiger partial charge in [-0.05, 0) is 6.92 Å². The quantitative estimate of drug-likeness (QED) is 0.738. The molecule has 0 aromatic heterocycles. The normalized spacial score (nSPS) is 32.7. The molecule has 0 saturated carbocycles. The minimum atomic E-state index is -3.27. The smallest absolute Gasteiger partial charge is 0.346 e. The van der Waals surface area contributed by atoms with Crippen molar-refractivity contribution >= 4 is 11.9 Å². The van der Waals surface area contributed by atoms with Gasteiger partial charge in [0, 0.05) is 12.8 Å². The molecular formula is C10H12F2O5. The zero-order valence-electron chi connectivity index (χ0n) is 9.02. The molecule has 0 saturated heterocycles. The highest BCUT2D eigenvalue weighted by Gasteiger charge is 2.51. The molecule has 0 aliphatic heterocycles. The highest BCUT2D eigenvalue weighted by molar-refractivity contribution is 5.83. The van der Waals surface area contributed by atoms with Crippen LogP contribution in [0.4, 0.5) is 8.78 Å². The third kappa shape index (κ3) is 2.60. The van der Waals surface area contributed by atoms with Crippen molar-refractivity contribution in [1.82, 2.24) is 0 Å². The number of halogens is 2. The van der Waals surface area contributed by atoms with Crippen LogP contribution < -0.4 is 0 Å². The molecule has 96 valence electrons. The number of hydrogen-bond donors (Lipinski definition) is 2. The van der Waals surface area contributed by atoms with E-state index < -0.39 is 36.0 Å². The molecule has 1 aliphatic carbocycles. The second-order valence-electron chi connectivity index (χ2n) is 4.18. The van der Waals surface area contributed by atoms with Crippen molar-refractivity contribution in [2.45, 2.75) is 32.0 Å². The van der Waals surface area contributed by atoms with E-state index in [-0.39, 0.29) is 6.42 Å². The Balaban J connectivity index is 3.07. The van der Waals surface area contributed by atoms with Crippen LogP contribution in [0, 0.1) is 5.41 Å². The average Bonchev–Trinajstić information content (AvgIpc) is 2.16. The van der Waals surface area contributed by atoms with E-state index in [1.165, 1.54) is 19.1 Å². The number of carboxylic acid groups (broad SMARTS) is 2. The molecule has 0 amide bonds. The molecule has 0 bridgehead atoms. The van der Waals surface area contributed by atoms with Crippen molar-refractivity contribution in [2.75, 3.05) is 0 Å². The standard InChI is InChI=1S/C10H12F2O5/c1-9(6(13)14)3-2-4-10(5-9,7(15)16)17-8(11)12/h2-3,8H,4-5H2,1H3,(H,13,14)(H,15,16). The van der Waals surface area contributed by atoms with Gasteiger partial charge in [0.2, 0.25) is 0 Å². The lowest BCUT2D eigenvalue weighted by Gasteiger charge is -2.37. The lowest BCUT2D eigenvalue weighted by atomic mass is 9.73. The first-order chi connectivity index (χ1) is 7.72. The third-order valence-corrected chi connectivity index (χ3v) is 2.78. The number of carboxylic acids is 2. The highest BCUT2D eigenvalue weighted by Crippen LogP contribution is 2.40. The summed E-state index contributed by atoms with van der Waals surface area (Å²) in [6.45, 7) is -2.01. The number of aliphatic carboxylic acids is 2. The first kappa shape index (κ1) is 13.6. The van der Waals surface area contributed by atoms with E-state index in [1.54, 1.807) is 0 Å². The Hall–Kier alpha value is -1.50. The monoisotopic (exact) mass is 250 g/mol. The fraction of sp³-hybridized carbons (Fsp3) is 0.600. The molecule has 1 rings (SSSR count). The number of carbonyl (C=O) groups is 2. The van der Waals surface area contributed by atoms with Crippen molar-refractivity contribution in [1.29, 1.82) is 0 Å². The molecule has 0 fully saturated rings. The molecule has 1 aliphatic rings. The van der Waals surface area contributed by atoms with Crippen LogP contribution in [0.15, 0.2) is 12.2 Å². The predicted octanol–water partition coefficient (Wildman–Crippen LogP) is 1.49. The predicted molar refractivity (Wildman–Crippen MR) is 51.6 cm³/mol. The average molecular weight is 250 g/mol. The van der Waals surface area contributed by atoms with Crippen molar-refractivity contribution < 1.29 is 33.3 Å². The molecule has 2 atom stereocenters. The summed E-state index contributed by atoms with van der Waals surface area (Å²) < 4.78 is 28.6. The molecule has 0 aromatic carbocycles. The van der Waals surface area contributed by atoms with E-state index in [9.17, 15) is 18.4 Å². The van der Waals surface area contributed by atoms with Gasteiger partial charge in [0.15, 0.2) is 5.60 Å². The largest absolute Gasteiger partial charge is 0.481 e. The maximum Gasteiger partial charge on any atom is 0.346 e. The second kappa shape index (κ2) is 4.40. The first-order valence-electron chi connectivity index (χ1n) is 4.82. The topological polar surface area (TPSA) is 83.8 Å². The first-order valence-corrected chi connectivity index (χ1v) is 4.82. The summed E-state index contributed by atoms with van der Waals surface area (Å²) in [7, 11) is 0. The van der Waals surface area contributed by atoms with E-state index in [4.69, 9.17) is 10.2 Å². The minimum Gasteiger partial charge on any atom is -0.481 e. The van der Waals surface area contributed by atoms with Crippen LogP contribution in [0.3, 0.4) is 0 Å². The SMILES string of the molecule is CC1(C(=O)O)C=CCC(OC(F)F)(C(=O)O)C1. The Bertz CT molecular complexity index is 368. The summed E-state index contributed by atoms with van der Waals surface area (Å²) in [5.74, 6) is -2.87. The number of rotatable bonds is 4. The molecule has 0 spiro atoms. The van der Waals surface area contributed by atoms with E-state index in [2.05, 4.69) is 4.74 Å². The summed E-state index contributed by atoms with van der Waals surface area (Å²) in [5.41, 5.74) is -3.71. The lowest BCUT2D eigenvalue weighted by molar-refractivity contribution is -0.228. The van der Waals surface area contributed by atoms with E-state index in [1.807, 2.05) is 0 Å². The van der Waals surface area contributed by atoms with Crippen LogP contribution in [0.1, 0.15) is 19.8 Å². The maximum atomic E-state index is 12.2. The molecular weight excluding hydrogens is 238 g/mol. The third-order valence-electron chi connectivity index (χ3n) is 2.78. The summed E-state index contributed by atoms with van der Waals surface area (Å²) in [5, 5.41) is 17.9. The van der Waals surface area contributed by atoms with Crippen LogP contribution in [-0.4, -0.2) is 34.4 Å². The summed E-state index contributed by atoms with van der Waals surface area (Å²) in [6.07, 6.45) is 1.72. The van der Waals surface area contributed by atoms with Gasteiger partial charge >= 0.3 is 18.6 Å². The molecule has 2 N–H and O–H groups in total. The second-order valence-corrected chi connectivity index (χ2v) is 4.18. The fourth-order valence-electron chi connectivity index (χ4n) is 1.85. The van der Waals surface area contributed by atoms with Gasteiger partial charge in [0.05, 0.1) is 5.41 Å². The van der Waals surface area contributed by atoms with Gasteiger partial charge < -0.3 is 14.9 Å². The molecule has 7 heteroatoms. The maximum absolute atomic E-state index is 12.2. The Morgan fingerprint density at radius 1 is 1.35 bits per heavy atom. The summed E-state index contributed by atoms with van der Waals surface area (Å²) in [6, 6.07) is 0. The fourth-order valence-corrected chi connectivity index (χ4v) is 1.85. The zero-order valence-corrected chi connectivity index (χ0v) is 9.02. The van der Waals surface area contributed by atoms with Gasteiger partial charge in [0.25, 0.3) is 0 Å². The molecule has 0 radical (unpaired) electrons. The molecule has 17 heavy (non-hydrogen) atoms. The van der Waals surface area contributed by atoms with Gasteiger partial charge in [-0.3, -0.25) is 4.79 Å².